The summed E-state index contributed by atoms with van der Waals surface area (Å²) in [5.74, 6) is -0.746. The first-order chi connectivity index (χ1) is 18.8. The monoisotopic (exact) mass is 569 g/mol. The number of ether oxygens (including phenoxy) is 4. The van der Waals surface area contributed by atoms with E-state index in [0.717, 1.165) is 54.0 Å². The van der Waals surface area contributed by atoms with Crippen molar-refractivity contribution in [3.05, 3.63) is 41.7 Å². The summed E-state index contributed by atoms with van der Waals surface area (Å²) in [7, 11) is -1.96. The van der Waals surface area contributed by atoms with E-state index in [-0.39, 0.29) is 23.5 Å². The molecule has 0 aromatic carbocycles. The highest BCUT2D eigenvalue weighted by molar-refractivity contribution is 6.74. The van der Waals surface area contributed by atoms with E-state index in [4.69, 9.17) is 28.5 Å². The molecule has 0 bridgehead atoms. The Balaban J connectivity index is 1.37. The molecule has 218 valence electrons. The molecule has 3 aliphatic heterocycles. The normalized spacial score (nSPS) is 28.9. The molecule has 3 aromatic rings. The molecule has 1 unspecified atom stereocenters. The van der Waals surface area contributed by atoms with Crippen LogP contribution in [0.2, 0.25) is 18.1 Å². The van der Waals surface area contributed by atoms with Crippen LogP contribution >= 0.6 is 0 Å². The molecular weight excluding hydrogens is 526 g/mol. The minimum Gasteiger partial charge on any atom is -0.411 e. The standard InChI is InChI=1S/C29H43N5O5Si/c1-18-20-12-13-33(26(20)31-17-30-18)27-25-24(38-29(5,6)39-25)23(37-27)21-15-19(16-36-40(7,8)28(2,3)4)32-34(21)22-11-9-10-14-35-22/h12-13,15,17,22-25,27H,9-11,14,16H2,1-8H3/t22?,23-,24+,25+,27+/m0/s1. The van der Waals surface area contributed by atoms with Crippen LogP contribution in [-0.2, 0) is 30.0 Å². The highest BCUT2D eigenvalue weighted by Gasteiger charge is 2.57. The third-order valence-corrected chi connectivity index (χ3v) is 13.4. The Bertz CT molecular complexity index is 1370. The fourth-order valence-corrected chi connectivity index (χ4v) is 6.65. The zero-order valence-electron chi connectivity index (χ0n) is 25.0. The van der Waals surface area contributed by atoms with Crippen LogP contribution in [0.25, 0.3) is 11.0 Å². The van der Waals surface area contributed by atoms with Crippen LogP contribution in [0.4, 0.5) is 0 Å². The molecule has 0 spiro atoms. The Hall–Kier alpha value is -2.15. The number of nitrogens with zero attached hydrogens (tertiary/aromatic N) is 5. The molecule has 5 atom stereocenters. The van der Waals surface area contributed by atoms with Gasteiger partial charge in [-0.15, -0.1) is 0 Å². The van der Waals surface area contributed by atoms with E-state index in [1.54, 1.807) is 6.33 Å². The first kappa shape index (κ1) is 28.0. The molecule has 3 aromatic heterocycles. The van der Waals surface area contributed by atoms with Crippen molar-refractivity contribution in [1.82, 2.24) is 24.3 Å². The maximum absolute atomic E-state index is 6.85. The van der Waals surface area contributed by atoms with Crippen LogP contribution in [0.5, 0.6) is 0 Å². The third-order valence-electron chi connectivity index (χ3n) is 8.93. The second-order valence-corrected chi connectivity index (χ2v) is 18.1. The van der Waals surface area contributed by atoms with Gasteiger partial charge in [0.25, 0.3) is 0 Å². The molecule has 6 rings (SSSR count). The van der Waals surface area contributed by atoms with Gasteiger partial charge < -0.3 is 27.9 Å². The van der Waals surface area contributed by atoms with Gasteiger partial charge in [-0.25, -0.2) is 14.6 Å². The van der Waals surface area contributed by atoms with Gasteiger partial charge in [-0.3, -0.25) is 0 Å². The van der Waals surface area contributed by atoms with Crippen molar-refractivity contribution >= 4 is 19.4 Å². The van der Waals surface area contributed by atoms with Crippen molar-refractivity contribution in [2.24, 2.45) is 0 Å². The number of hydrogen-bond acceptors (Lipinski definition) is 8. The summed E-state index contributed by atoms with van der Waals surface area (Å²) in [4.78, 5) is 8.94. The zero-order chi connectivity index (χ0) is 28.4. The van der Waals surface area contributed by atoms with Gasteiger partial charge in [0.05, 0.1) is 23.7 Å². The van der Waals surface area contributed by atoms with Gasteiger partial charge in [-0.05, 0) is 70.3 Å². The lowest BCUT2D eigenvalue weighted by Crippen LogP contribution is -2.40. The quantitative estimate of drug-likeness (QED) is 0.336. The summed E-state index contributed by atoms with van der Waals surface area (Å²) in [6.45, 7) is 18.4. The van der Waals surface area contributed by atoms with E-state index < -0.39 is 26.4 Å². The zero-order valence-corrected chi connectivity index (χ0v) is 26.0. The van der Waals surface area contributed by atoms with Gasteiger partial charge in [0.15, 0.2) is 26.6 Å². The van der Waals surface area contributed by atoms with Crippen molar-refractivity contribution in [3.8, 4) is 0 Å². The fourth-order valence-electron chi connectivity index (χ4n) is 5.70. The van der Waals surface area contributed by atoms with Gasteiger partial charge in [-0.1, -0.05) is 20.8 Å². The first-order valence-corrected chi connectivity index (χ1v) is 17.4. The molecule has 10 nitrogen and oxygen atoms in total. The largest absolute Gasteiger partial charge is 0.411 e. The highest BCUT2D eigenvalue weighted by Crippen LogP contribution is 2.50. The molecule has 0 saturated carbocycles. The maximum atomic E-state index is 6.85. The molecule has 3 fully saturated rings. The third kappa shape index (κ3) is 4.94. The van der Waals surface area contributed by atoms with E-state index in [1.807, 2.05) is 42.3 Å². The smallest absolute Gasteiger partial charge is 0.192 e. The molecule has 0 N–H and O–H groups in total. The van der Waals surface area contributed by atoms with E-state index in [0.29, 0.717) is 6.61 Å². The number of hydrogen-bond donors (Lipinski definition) is 0. The molecule has 6 heterocycles. The molecule has 0 amide bonds. The van der Waals surface area contributed by atoms with Crippen molar-refractivity contribution in [2.45, 2.75) is 122 Å². The Morgan fingerprint density at radius 1 is 1.12 bits per heavy atom. The highest BCUT2D eigenvalue weighted by atomic mass is 28.4. The lowest BCUT2D eigenvalue weighted by Gasteiger charge is -2.35. The van der Waals surface area contributed by atoms with Crippen LogP contribution in [0.1, 0.15) is 89.5 Å². The minimum absolute atomic E-state index is 0.113. The minimum atomic E-state index is -1.96. The number of aryl methyl sites for hydroxylation is 1. The first-order valence-electron chi connectivity index (χ1n) is 14.5. The average molecular weight is 570 g/mol. The molecule has 0 radical (unpaired) electrons. The van der Waals surface area contributed by atoms with Crippen LogP contribution in [0.3, 0.4) is 0 Å². The Kier molecular flexibility index (Phi) is 6.99. The summed E-state index contributed by atoms with van der Waals surface area (Å²) >= 11 is 0. The Morgan fingerprint density at radius 2 is 1.90 bits per heavy atom. The molecule has 11 heteroatoms. The van der Waals surface area contributed by atoms with E-state index in [1.165, 1.54) is 0 Å². The summed E-state index contributed by atoms with van der Waals surface area (Å²) in [6.07, 6.45) is 5.04. The Morgan fingerprint density at radius 3 is 2.62 bits per heavy atom. The van der Waals surface area contributed by atoms with Crippen LogP contribution in [0.15, 0.2) is 24.7 Å². The number of aromatic nitrogens is 5. The second kappa shape index (κ2) is 9.99. The molecule has 40 heavy (non-hydrogen) atoms. The van der Waals surface area contributed by atoms with Gasteiger partial charge in [0.2, 0.25) is 0 Å². The van der Waals surface area contributed by atoms with Crippen LogP contribution in [0, 0.1) is 6.92 Å². The van der Waals surface area contributed by atoms with Crippen molar-refractivity contribution < 1.29 is 23.4 Å². The van der Waals surface area contributed by atoms with Gasteiger partial charge in [0.1, 0.15) is 30.3 Å². The SMILES string of the molecule is Cc1ncnc2c1ccn2[C@@H]1O[C@@H](c2cc(CO[Si](C)(C)C(C)(C)C)nn2C2CCCCO2)[C@H]2OC(C)(C)O[C@H]21. The topological polar surface area (TPSA) is 94.7 Å². The lowest BCUT2D eigenvalue weighted by molar-refractivity contribution is -0.198. The maximum Gasteiger partial charge on any atom is 0.192 e. The molecule has 0 aliphatic carbocycles. The van der Waals surface area contributed by atoms with Gasteiger partial charge >= 0.3 is 0 Å². The lowest BCUT2D eigenvalue weighted by atomic mass is 10.1. The van der Waals surface area contributed by atoms with Crippen LogP contribution in [-0.4, -0.2) is 57.2 Å². The summed E-state index contributed by atoms with van der Waals surface area (Å²) < 4.78 is 36.7. The summed E-state index contributed by atoms with van der Waals surface area (Å²) in [5.41, 5.74) is 3.56. The Labute approximate surface area is 237 Å². The van der Waals surface area contributed by atoms with E-state index in [9.17, 15) is 0 Å². The molecular formula is C29H43N5O5Si. The number of rotatable bonds is 6. The van der Waals surface area contributed by atoms with Gasteiger partial charge in [0, 0.05) is 18.2 Å². The fraction of sp³-hybridized carbons (Fsp3) is 0.690. The summed E-state index contributed by atoms with van der Waals surface area (Å²) in [5, 5.41) is 6.16. The molecule has 3 saturated heterocycles. The second-order valence-electron chi connectivity index (χ2n) is 13.3. The predicted molar refractivity (Wildman–Crippen MR) is 152 cm³/mol. The van der Waals surface area contributed by atoms with Gasteiger partial charge in [-0.2, -0.15) is 5.10 Å². The number of fused-ring (bicyclic) bond motifs is 2. The van der Waals surface area contributed by atoms with Crippen LogP contribution < -0.4 is 0 Å². The van der Waals surface area contributed by atoms with Crippen molar-refractivity contribution in [3.63, 3.8) is 0 Å². The van der Waals surface area contributed by atoms with Crippen molar-refractivity contribution in [2.75, 3.05) is 6.61 Å². The predicted octanol–water partition coefficient (Wildman–Crippen LogP) is 5.95. The summed E-state index contributed by atoms with van der Waals surface area (Å²) in [6, 6.07) is 4.15. The van der Waals surface area contributed by atoms with E-state index >= 15 is 0 Å². The van der Waals surface area contributed by atoms with Crippen molar-refractivity contribution in [1.29, 1.82) is 0 Å². The van der Waals surface area contributed by atoms with E-state index in [2.05, 4.69) is 49.9 Å². The molecule has 3 aliphatic rings. The average Bonchev–Trinajstić information content (AvgIpc) is 3.64.